The maximum absolute atomic E-state index is 5.75. The van der Waals surface area contributed by atoms with E-state index in [0.717, 1.165) is 26.4 Å². The van der Waals surface area contributed by atoms with Gasteiger partial charge in [0.05, 0.1) is 19.8 Å². The van der Waals surface area contributed by atoms with Crippen LogP contribution in [0.4, 0.5) is 0 Å². The Kier molecular flexibility index (Phi) is 4.56. The van der Waals surface area contributed by atoms with Crippen LogP contribution >= 0.6 is 11.3 Å². The molecule has 96 valence electrons. The Hall–Kier alpha value is -0.420. The van der Waals surface area contributed by atoms with Crippen LogP contribution in [-0.2, 0) is 22.6 Å². The lowest BCUT2D eigenvalue weighted by atomic mass is 10.2. The van der Waals surface area contributed by atoms with Crippen molar-refractivity contribution >= 4 is 11.3 Å². The number of hydrogen-bond donors (Lipinski definition) is 1. The predicted octanol–water partition coefficient (Wildman–Crippen LogP) is 2.47. The van der Waals surface area contributed by atoms with Gasteiger partial charge in [0, 0.05) is 22.3 Å². The monoisotopic (exact) mass is 255 g/mol. The number of aryl methyl sites for hydroxylation is 1. The Morgan fingerprint density at radius 1 is 1.53 bits per heavy atom. The molecule has 0 saturated carbocycles. The van der Waals surface area contributed by atoms with Gasteiger partial charge < -0.3 is 14.8 Å². The number of rotatable bonds is 6. The fourth-order valence-electron chi connectivity index (χ4n) is 1.64. The minimum Gasteiger partial charge on any atom is -0.376 e. The van der Waals surface area contributed by atoms with E-state index in [4.69, 9.17) is 9.47 Å². The molecule has 0 unspecified atom stereocenters. The van der Waals surface area contributed by atoms with E-state index in [1.54, 1.807) is 0 Å². The Bertz CT molecular complexity index is 358. The fourth-order valence-corrected chi connectivity index (χ4v) is 2.64. The normalized spacial score (nSPS) is 16.5. The first-order chi connectivity index (χ1) is 8.15. The third-order valence-electron chi connectivity index (χ3n) is 2.84. The van der Waals surface area contributed by atoms with Gasteiger partial charge in [0.1, 0.15) is 6.10 Å². The molecule has 0 amide bonds. The van der Waals surface area contributed by atoms with Gasteiger partial charge >= 0.3 is 0 Å². The topological polar surface area (TPSA) is 30.5 Å². The van der Waals surface area contributed by atoms with Crippen LogP contribution in [0.3, 0.4) is 0 Å². The molecule has 0 aromatic carbocycles. The molecule has 3 nitrogen and oxygen atoms in total. The molecule has 1 aromatic rings. The molecular weight excluding hydrogens is 234 g/mol. The zero-order valence-electron chi connectivity index (χ0n) is 10.8. The van der Waals surface area contributed by atoms with Gasteiger partial charge in [0.2, 0.25) is 0 Å². The van der Waals surface area contributed by atoms with Gasteiger partial charge in [-0.25, -0.2) is 0 Å². The molecule has 1 aliphatic rings. The van der Waals surface area contributed by atoms with Crippen molar-refractivity contribution in [2.24, 2.45) is 0 Å². The summed E-state index contributed by atoms with van der Waals surface area (Å²) in [6.07, 6.45) is 0.312. The maximum Gasteiger partial charge on any atom is 0.105 e. The lowest BCUT2D eigenvalue weighted by Gasteiger charge is -2.25. The average molecular weight is 255 g/mol. The second-order valence-electron chi connectivity index (χ2n) is 4.80. The standard InChI is InChI=1S/C13H21NO2S/c1-9(2)14-5-13-4-11(10(3)17-13)6-16-12-7-15-8-12/h4,9,12,14H,5-8H2,1-3H3. The van der Waals surface area contributed by atoms with Crippen LogP contribution in [0.15, 0.2) is 6.07 Å². The number of thiophene rings is 1. The minimum atomic E-state index is 0.312. The molecule has 2 heterocycles. The van der Waals surface area contributed by atoms with Crippen LogP contribution in [0.2, 0.25) is 0 Å². The minimum absolute atomic E-state index is 0.312. The van der Waals surface area contributed by atoms with Crippen molar-refractivity contribution in [3.8, 4) is 0 Å². The van der Waals surface area contributed by atoms with Gasteiger partial charge in [0.15, 0.2) is 0 Å². The van der Waals surface area contributed by atoms with E-state index in [1.165, 1.54) is 15.3 Å². The molecule has 1 fully saturated rings. The van der Waals surface area contributed by atoms with Gasteiger partial charge in [-0.2, -0.15) is 0 Å². The summed E-state index contributed by atoms with van der Waals surface area (Å²) in [6, 6.07) is 2.79. The molecule has 1 aliphatic heterocycles. The Labute approximate surface area is 107 Å². The summed E-state index contributed by atoms with van der Waals surface area (Å²) in [5, 5.41) is 3.44. The fraction of sp³-hybridized carbons (Fsp3) is 0.692. The molecule has 1 aromatic heterocycles. The molecule has 0 spiro atoms. The van der Waals surface area contributed by atoms with E-state index >= 15 is 0 Å². The largest absolute Gasteiger partial charge is 0.376 e. The highest BCUT2D eigenvalue weighted by Gasteiger charge is 2.19. The molecule has 0 aliphatic carbocycles. The SMILES string of the molecule is Cc1sc(CNC(C)C)cc1COC1COC1. The summed E-state index contributed by atoms with van der Waals surface area (Å²) >= 11 is 1.86. The summed E-state index contributed by atoms with van der Waals surface area (Å²) < 4.78 is 10.8. The van der Waals surface area contributed by atoms with Gasteiger partial charge in [-0.3, -0.25) is 0 Å². The summed E-state index contributed by atoms with van der Waals surface area (Å²) in [4.78, 5) is 2.76. The highest BCUT2D eigenvalue weighted by molar-refractivity contribution is 7.12. The summed E-state index contributed by atoms with van der Waals surface area (Å²) in [6.45, 7) is 9.69. The third-order valence-corrected chi connectivity index (χ3v) is 3.93. The highest BCUT2D eigenvalue weighted by atomic mass is 32.1. The zero-order chi connectivity index (χ0) is 12.3. The van der Waals surface area contributed by atoms with E-state index in [2.05, 4.69) is 32.2 Å². The average Bonchev–Trinajstić information content (AvgIpc) is 2.54. The van der Waals surface area contributed by atoms with Gasteiger partial charge in [-0.1, -0.05) is 13.8 Å². The van der Waals surface area contributed by atoms with Crippen LogP contribution in [0, 0.1) is 6.92 Å². The molecule has 1 saturated heterocycles. The van der Waals surface area contributed by atoms with E-state index in [0.29, 0.717) is 12.1 Å². The van der Waals surface area contributed by atoms with Gasteiger partial charge in [-0.15, -0.1) is 11.3 Å². The van der Waals surface area contributed by atoms with Crippen LogP contribution in [0.5, 0.6) is 0 Å². The molecule has 0 atom stereocenters. The van der Waals surface area contributed by atoms with E-state index in [-0.39, 0.29) is 0 Å². The Balaban J connectivity index is 1.83. The molecule has 0 radical (unpaired) electrons. The summed E-state index contributed by atoms with van der Waals surface area (Å²) in [5.41, 5.74) is 1.32. The first-order valence-electron chi connectivity index (χ1n) is 6.16. The van der Waals surface area contributed by atoms with Gasteiger partial charge in [0.25, 0.3) is 0 Å². The molecule has 0 bridgehead atoms. The van der Waals surface area contributed by atoms with Crippen molar-refractivity contribution in [1.82, 2.24) is 5.32 Å². The number of hydrogen-bond acceptors (Lipinski definition) is 4. The highest BCUT2D eigenvalue weighted by Crippen LogP contribution is 2.23. The van der Waals surface area contributed by atoms with E-state index < -0.39 is 0 Å². The lowest BCUT2D eigenvalue weighted by molar-refractivity contribution is -0.135. The Morgan fingerprint density at radius 2 is 2.29 bits per heavy atom. The maximum atomic E-state index is 5.75. The lowest BCUT2D eigenvalue weighted by Crippen LogP contribution is -2.35. The van der Waals surface area contributed by atoms with E-state index in [9.17, 15) is 0 Å². The second-order valence-corrected chi connectivity index (χ2v) is 6.14. The first-order valence-corrected chi connectivity index (χ1v) is 6.97. The van der Waals surface area contributed by atoms with Gasteiger partial charge in [-0.05, 0) is 18.6 Å². The molecule has 17 heavy (non-hydrogen) atoms. The Morgan fingerprint density at radius 3 is 2.88 bits per heavy atom. The smallest absolute Gasteiger partial charge is 0.105 e. The van der Waals surface area contributed by atoms with Crippen molar-refractivity contribution in [2.75, 3.05) is 13.2 Å². The van der Waals surface area contributed by atoms with Crippen molar-refractivity contribution in [3.05, 3.63) is 21.4 Å². The van der Waals surface area contributed by atoms with Crippen molar-refractivity contribution in [1.29, 1.82) is 0 Å². The van der Waals surface area contributed by atoms with Crippen molar-refractivity contribution in [2.45, 2.75) is 46.1 Å². The molecule has 4 heteroatoms. The molecular formula is C13H21NO2S. The first kappa shape index (κ1) is 13.0. The van der Waals surface area contributed by atoms with Crippen molar-refractivity contribution in [3.63, 3.8) is 0 Å². The van der Waals surface area contributed by atoms with E-state index in [1.807, 2.05) is 11.3 Å². The van der Waals surface area contributed by atoms with Crippen LogP contribution < -0.4 is 5.32 Å². The molecule has 1 N–H and O–H groups in total. The van der Waals surface area contributed by atoms with Crippen LogP contribution in [-0.4, -0.2) is 25.4 Å². The quantitative estimate of drug-likeness (QED) is 0.847. The third kappa shape index (κ3) is 3.78. The zero-order valence-corrected chi connectivity index (χ0v) is 11.6. The second kappa shape index (κ2) is 5.96. The van der Waals surface area contributed by atoms with Crippen LogP contribution in [0.1, 0.15) is 29.2 Å². The summed E-state index contributed by atoms with van der Waals surface area (Å²) in [5.74, 6) is 0. The van der Waals surface area contributed by atoms with Crippen molar-refractivity contribution < 1.29 is 9.47 Å². The predicted molar refractivity (Wildman–Crippen MR) is 70.4 cm³/mol. The number of ether oxygens (including phenoxy) is 2. The summed E-state index contributed by atoms with van der Waals surface area (Å²) in [7, 11) is 0. The van der Waals surface area contributed by atoms with Crippen LogP contribution in [0.25, 0.3) is 0 Å². The number of nitrogens with one attached hydrogen (secondary N) is 1. The molecule has 2 rings (SSSR count).